The smallest absolute Gasteiger partial charge is 0.274 e. The van der Waals surface area contributed by atoms with Crippen LogP contribution in [0.15, 0.2) is 60.9 Å². The van der Waals surface area contributed by atoms with E-state index in [0.29, 0.717) is 31.0 Å². The Morgan fingerprint density at radius 2 is 1.96 bits per heavy atom. The van der Waals surface area contributed by atoms with E-state index in [4.69, 9.17) is 4.74 Å². The van der Waals surface area contributed by atoms with E-state index in [1.807, 2.05) is 43.3 Å². The number of benzene rings is 2. The van der Waals surface area contributed by atoms with Crippen molar-refractivity contribution in [3.63, 3.8) is 0 Å². The first-order valence-electron chi connectivity index (χ1n) is 9.20. The third-order valence-electron chi connectivity index (χ3n) is 4.99. The summed E-state index contributed by atoms with van der Waals surface area (Å²) in [6.45, 7) is 2.73. The lowest BCUT2D eigenvalue weighted by Gasteiger charge is -2.35. The standard InChI is InChI=1S/C22H20FN3O2/c1-15-21-17(8-5-9-18(21)23)10-11-26(15)22(27)19-12-25-20(13-24-19)28-14-16-6-3-2-4-7-16/h2-9,12-13,15H,10-11,14H2,1H3. The maximum absolute atomic E-state index is 14.3. The molecule has 6 heteroatoms. The Kier molecular flexibility index (Phi) is 5.02. The Balaban J connectivity index is 1.46. The second-order valence-electron chi connectivity index (χ2n) is 6.75. The lowest BCUT2D eigenvalue weighted by molar-refractivity contribution is 0.0667. The Labute approximate surface area is 162 Å². The number of fused-ring (bicyclic) bond motifs is 1. The zero-order valence-electron chi connectivity index (χ0n) is 15.5. The number of rotatable bonds is 4. The van der Waals surface area contributed by atoms with Gasteiger partial charge in [-0.1, -0.05) is 42.5 Å². The molecule has 2 aromatic carbocycles. The number of hydrogen-bond donors (Lipinski definition) is 0. The monoisotopic (exact) mass is 377 g/mol. The zero-order chi connectivity index (χ0) is 19.5. The van der Waals surface area contributed by atoms with Crippen LogP contribution in [-0.4, -0.2) is 27.3 Å². The molecule has 0 fully saturated rings. The lowest BCUT2D eigenvalue weighted by atomic mass is 9.93. The summed E-state index contributed by atoms with van der Waals surface area (Å²) in [5, 5.41) is 0. The summed E-state index contributed by atoms with van der Waals surface area (Å²) in [6.07, 6.45) is 3.47. The molecule has 1 aromatic heterocycles. The van der Waals surface area contributed by atoms with E-state index in [1.165, 1.54) is 18.5 Å². The van der Waals surface area contributed by atoms with Gasteiger partial charge in [-0.05, 0) is 30.5 Å². The van der Waals surface area contributed by atoms with Crippen molar-refractivity contribution in [2.24, 2.45) is 0 Å². The third-order valence-corrected chi connectivity index (χ3v) is 4.99. The minimum Gasteiger partial charge on any atom is -0.472 e. The van der Waals surface area contributed by atoms with Gasteiger partial charge in [0, 0.05) is 12.1 Å². The first kappa shape index (κ1) is 18.1. The van der Waals surface area contributed by atoms with Crippen LogP contribution in [0.3, 0.4) is 0 Å². The first-order valence-corrected chi connectivity index (χ1v) is 9.20. The van der Waals surface area contributed by atoms with Gasteiger partial charge in [0.25, 0.3) is 5.91 Å². The Morgan fingerprint density at radius 3 is 2.71 bits per heavy atom. The van der Waals surface area contributed by atoms with Gasteiger partial charge in [-0.2, -0.15) is 0 Å². The molecular weight excluding hydrogens is 357 g/mol. The fraction of sp³-hybridized carbons (Fsp3) is 0.227. The molecule has 1 unspecified atom stereocenters. The summed E-state index contributed by atoms with van der Waals surface area (Å²) in [6, 6.07) is 14.4. The molecule has 0 spiro atoms. The molecular formula is C22H20FN3O2. The number of aromatic nitrogens is 2. The van der Waals surface area contributed by atoms with E-state index in [2.05, 4.69) is 9.97 Å². The molecule has 1 amide bonds. The Hall–Kier alpha value is -3.28. The average molecular weight is 377 g/mol. The van der Waals surface area contributed by atoms with Crippen molar-refractivity contribution in [1.82, 2.24) is 14.9 Å². The second-order valence-corrected chi connectivity index (χ2v) is 6.75. The molecule has 0 radical (unpaired) electrons. The van der Waals surface area contributed by atoms with E-state index < -0.39 is 0 Å². The molecule has 0 bridgehead atoms. The largest absolute Gasteiger partial charge is 0.472 e. The summed E-state index contributed by atoms with van der Waals surface area (Å²) in [5.74, 6) is -0.190. The second kappa shape index (κ2) is 7.76. The van der Waals surface area contributed by atoms with Crippen LogP contribution in [0.2, 0.25) is 0 Å². The van der Waals surface area contributed by atoms with Gasteiger partial charge in [-0.15, -0.1) is 0 Å². The number of nitrogens with zero attached hydrogens (tertiary/aromatic N) is 3. The predicted octanol–water partition coefficient (Wildman–Crippen LogP) is 3.95. The highest BCUT2D eigenvalue weighted by Crippen LogP contribution is 2.32. The fourth-order valence-corrected chi connectivity index (χ4v) is 3.52. The van der Waals surface area contributed by atoms with Crippen molar-refractivity contribution in [1.29, 1.82) is 0 Å². The predicted molar refractivity (Wildman–Crippen MR) is 102 cm³/mol. The van der Waals surface area contributed by atoms with Crippen LogP contribution in [-0.2, 0) is 13.0 Å². The molecule has 28 heavy (non-hydrogen) atoms. The maximum Gasteiger partial charge on any atom is 0.274 e. The third kappa shape index (κ3) is 3.58. The highest BCUT2D eigenvalue weighted by atomic mass is 19.1. The average Bonchev–Trinajstić information content (AvgIpc) is 2.73. The summed E-state index contributed by atoms with van der Waals surface area (Å²) < 4.78 is 19.9. The van der Waals surface area contributed by atoms with Crippen molar-refractivity contribution >= 4 is 5.91 Å². The van der Waals surface area contributed by atoms with Crippen molar-refractivity contribution in [2.45, 2.75) is 26.0 Å². The van der Waals surface area contributed by atoms with Crippen molar-refractivity contribution in [2.75, 3.05) is 6.54 Å². The maximum atomic E-state index is 14.3. The van der Waals surface area contributed by atoms with Crippen LogP contribution < -0.4 is 4.74 Å². The quantitative estimate of drug-likeness (QED) is 0.691. The van der Waals surface area contributed by atoms with Gasteiger partial charge < -0.3 is 9.64 Å². The summed E-state index contributed by atoms with van der Waals surface area (Å²) >= 11 is 0. The summed E-state index contributed by atoms with van der Waals surface area (Å²) in [4.78, 5) is 22.9. The topological polar surface area (TPSA) is 55.3 Å². The number of halogens is 1. The van der Waals surface area contributed by atoms with Crippen molar-refractivity contribution in [3.8, 4) is 5.88 Å². The molecule has 1 aliphatic rings. The van der Waals surface area contributed by atoms with E-state index >= 15 is 0 Å². The molecule has 0 N–H and O–H groups in total. The summed E-state index contributed by atoms with van der Waals surface area (Å²) in [7, 11) is 0. The number of carbonyl (C=O) groups is 1. The molecule has 0 saturated carbocycles. The number of hydrogen-bond acceptors (Lipinski definition) is 4. The summed E-state index contributed by atoms with van der Waals surface area (Å²) in [5.41, 5.74) is 2.77. The molecule has 1 aliphatic heterocycles. The molecule has 1 atom stereocenters. The van der Waals surface area contributed by atoms with Gasteiger partial charge in [0.1, 0.15) is 18.1 Å². The van der Waals surface area contributed by atoms with Crippen molar-refractivity contribution in [3.05, 3.63) is 89.1 Å². The van der Waals surface area contributed by atoms with Gasteiger partial charge in [0.05, 0.1) is 18.4 Å². The highest BCUT2D eigenvalue weighted by Gasteiger charge is 2.31. The van der Waals surface area contributed by atoms with Crippen LogP contribution in [0.25, 0.3) is 0 Å². The van der Waals surface area contributed by atoms with Gasteiger partial charge in [-0.3, -0.25) is 4.79 Å². The van der Waals surface area contributed by atoms with Crippen LogP contribution in [0.4, 0.5) is 4.39 Å². The minimum absolute atomic E-state index is 0.221. The van der Waals surface area contributed by atoms with Gasteiger partial charge in [0.15, 0.2) is 0 Å². The van der Waals surface area contributed by atoms with E-state index in [0.717, 1.165) is 11.1 Å². The van der Waals surface area contributed by atoms with Crippen LogP contribution in [0.5, 0.6) is 5.88 Å². The highest BCUT2D eigenvalue weighted by molar-refractivity contribution is 5.92. The van der Waals surface area contributed by atoms with Crippen LogP contribution in [0, 0.1) is 5.82 Å². The molecule has 0 aliphatic carbocycles. The first-order chi connectivity index (χ1) is 13.6. The number of ether oxygens (including phenoxy) is 1. The fourth-order valence-electron chi connectivity index (χ4n) is 3.52. The Bertz CT molecular complexity index is 977. The molecule has 2 heterocycles. The molecule has 142 valence electrons. The van der Waals surface area contributed by atoms with Crippen molar-refractivity contribution < 1.29 is 13.9 Å². The van der Waals surface area contributed by atoms with E-state index in [9.17, 15) is 9.18 Å². The molecule has 5 nitrogen and oxygen atoms in total. The van der Waals surface area contributed by atoms with Gasteiger partial charge >= 0.3 is 0 Å². The van der Waals surface area contributed by atoms with Crippen LogP contribution >= 0.6 is 0 Å². The van der Waals surface area contributed by atoms with E-state index in [1.54, 1.807) is 11.0 Å². The van der Waals surface area contributed by atoms with E-state index in [-0.39, 0.29) is 23.5 Å². The van der Waals surface area contributed by atoms with Gasteiger partial charge in [0.2, 0.25) is 5.88 Å². The molecule has 3 aromatic rings. The van der Waals surface area contributed by atoms with Gasteiger partial charge in [-0.25, -0.2) is 14.4 Å². The lowest BCUT2D eigenvalue weighted by Crippen LogP contribution is -2.39. The molecule has 0 saturated heterocycles. The molecule has 4 rings (SSSR count). The SMILES string of the molecule is CC1c2c(F)cccc2CCN1C(=O)c1cnc(OCc2ccccc2)cn1. The zero-order valence-corrected chi connectivity index (χ0v) is 15.5. The number of carbonyl (C=O) groups excluding carboxylic acids is 1. The Morgan fingerprint density at radius 1 is 1.14 bits per heavy atom. The van der Waals surface area contributed by atoms with Crippen LogP contribution in [0.1, 0.15) is 40.1 Å². The number of amides is 1. The normalized spacial score (nSPS) is 15.8. The minimum atomic E-state index is -0.353.